The minimum absolute atomic E-state index is 0.0632. The van der Waals surface area contributed by atoms with Crippen LogP contribution in [0.5, 0.6) is 17.4 Å². The van der Waals surface area contributed by atoms with Gasteiger partial charge in [-0.05, 0) is 37.6 Å². The molecule has 0 bridgehead atoms. The number of aliphatic imine (C=N–C) groups is 1. The van der Waals surface area contributed by atoms with E-state index < -0.39 is 0 Å². The van der Waals surface area contributed by atoms with Gasteiger partial charge in [0.05, 0.1) is 35.7 Å². The van der Waals surface area contributed by atoms with Crippen LogP contribution in [0.1, 0.15) is 30.5 Å². The second kappa shape index (κ2) is 11.8. The Morgan fingerprint density at radius 3 is 2.30 bits per heavy atom. The lowest BCUT2D eigenvalue weighted by atomic mass is 10.0. The number of fused-ring (bicyclic) bond motifs is 1. The first-order valence-electron chi connectivity index (χ1n) is 12.8. The number of aromatic nitrogens is 1. The Balaban J connectivity index is 1.56. The van der Waals surface area contributed by atoms with Gasteiger partial charge in [-0.2, -0.15) is 11.8 Å². The molecule has 0 aliphatic carbocycles. The van der Waals surface area contributed by atoms with Crippen LogP contribution in [-0.4, -0.2) is 58.5 Å². The van der Waals surface area contributed by atoms with Crippen LogP contribution in [0.3, 0.4) is 0 Å². The molecular formula is C30H33N3O3S. The zero-order valence-electron chi connectivity index (χ0n) is 21.4. The van der Waals surface area contributed by atoms with Crippen molar-refractivity contribution in [3.8, 4) is 17.4 Å². The molecule has 1 aliphatic rings. The number of hydrogen-bond acceptors (Lipinski definition) is 6. The average Bonchev–Trinajstić information content (AvgIpc) is 3.24. The molecule has 192 valence electrons. The van der Waals surface area contributed by atoms with Crippen molar-refractivity contribution in [2.24, 2.45) is 4.99 Å². The summed E-state index contributed by atoms with van der Waals surface area (Å²) in [6.07, 6.45) is 0. The van der Waals surface area contributed by atoms with E-state index in [-0.39, 0.29) is 5.88 Å². The summed E-state index contributed by atoms with van der Waals surface area (Å²) in [5.74, 6) is 3.76. The lowest BCUT2D eigenvalue weighted by molar-refractivity contribution is 0.288. The van der Waals surface area contributed by atoms with E-state index in [1.54, 1.807) is 0 Å². The lowest BCUT2D eigenvalue weighted by Crippen LogP contribution is -2.31. The first kappa shape index (κ1) is 25.2. The largest absolute Gasteiger partial charge is 0.494 e. The molecule has 3 aromatic carbocycles. The SMILES string of the molecule is CCOc1cc2[nH]c(O)c(C(=Nc3ccc(CN4CCSCC4)cc3)c3ccccc3)c2cc1OCC. The standard InChI is InChI=1S/C30H33N3O3S/c1-3-35-26-18-24-25(19-27(26)36-4-2)32-30(34)28(24)29(22-8-6-5-7-9-22)31-23-12-10-21(11-13-23)20-33-14-16-37-17-15-33/h5-13,18-19,32,34H,3-4,14-17,20H2,1-2H3. The monoisotopic (exact) mass is 515 g/mol. The van der Waals surface area contributed by atoms with Gasteiger partial charge < -0.3 is 19.6 Å². The van der Waals surface area contributed by atoms with Gasteiger partial charge in [0, 0.05) is 48.2 Å². The molecule has 5 rings (SSSR count). The molecule has 0 radical (unpaired) electrons. The highest BCUT2D eigenvalue weighted by molar-refractivity contribution is 7.99. The number of H-pyrrole nitrogens is 1. The van der Waals surface area contributed by atoms with E-state index in [2.05, 4.69) is 34.1 Å². The highest BCUT2D eigenvalue weighted by atomic mass is 32.2. The number of aromatic hydroxyl groups is 1. The molecule has 1 aliphatic heterocycles. The first-order valence-corrected chi connectivity index (χ1v) is 14.0. The number of nitrogens with one attached hydrogen (secondary N) is 1. The second-order valence-electron chi connectivity index (χ2n) is 8.94. The fourth-order valence-corrected chi connectivity index (χ4v) is 5.63. The van der Waals surface area contributed by atoms with E-state index in [9.17, 15) is 5.11 Å². The van der Waals surface area contributed by atoms with Gasteiger partial charge in [0.1, 0.15) is 0 Å². The van der Waals surface area contributed by atoms with E-state index >= 15 is 0 Å². The molecule has 7 heteroatoms. The van der Waals surface area contributed by atoms with Crippen LogP contribution >= 0.6 is 11.8 Å². The van der Waals surface area contributed by atoms with Crippen LogP contribution in [-0.2, 0) is 6.54 Å². The molecule has 0 amide bonds. The molecule has 0 atom stereocenters. The predicted molar refractivity (Wildman–Crippen MR) is 153 cm³/mol. The highest BCUT2D eigenvalue weighted by Gasteiger charge is 2.21. The van der Waals surface area contributed by atoms with Crippen molar-refractivity contribution in [1.29, 1.82) is 0 Å². The summed E-state index contributed by atoms with van der Waals surface area (Å²) in [4.78, 5) is 10.7. The maximum Gasteiger partial charge on any atom is 0.199 e. The molecule has 1 fully saturated rings. The average molecular weight is 516 g/mol. The molecule has 37 heavy (non-hydrogen) atoms. The Hall–Kier alpha value is -3.42. The van der Waals surface area contributed by atoms with E-state index in [1.807, 2.05) is 68.1 Å². The summed E-state index contributed by atoms with van der Waals surface area (Å²) in [5, 5.41) is 11.9. The maximum absolute atomic E-state index is 11.1. The summed E-state index contributed by atoms with van der Waals surface area (Å²) >= 11 is 2.03. The Bertz CT molecular complexity index is 1360. The van der Waals surface area contributed by atoms with Crippen molar-refractivity contribution in [3.05, 3.63) is 83.4 Å². The van der Waals surface area contributed by atoms with Crippen LogP contribution < -0.4 is 9.47 Å². The van der Waals surface area contributed by atoms with Crippen LogP contribution in [0.4, 0.5) is 5.69 Å². The van der Waals surface area contributed by atoms with Crippen LogP contribution in [0.15, 0.2) is 71.7 Å². The zero-order chi connectivity index (χ0) is 25.6. The molecule has 0 saturated carbocycles. The molecule has 4 aromatic rings. The van der Waals surface area contributed by atoms with Crippen LogP contribution in [0.25, 0.3) is 10.9 Å². The number of benzene rings is 3. The fraction of sp³-hybridized carbons (Fsp3) is 0.300. The van der Waals surface area contributed by atoms with Gasteiger partial charge in [-0.1, -0.05) is 42.5 Å². The van der Waals surface area contributed by atoms with E-state index in [0.29, 0.717) is 36.0 Å². The van der Waals surface area contributed by atoms with Crippen LogP contribution in [0.2, 0.25) is 0 Å². The maximum atomic E-state index is 11.1. The lowest BCUT2D eigenvalue weighted by Gasteiger charge is -2.26. The molecule has 2 N–H and O–H groups in total. The van der Waals surface area contributed by atoms with Crippen molar-refractivity contribution in [3.63, 3.8) is 0 Å². The first-order chi connectivity index (χ1) is 18.2. The third kappa shape index (κ3) is 5.78. The van der Waals surface area contributed by atoms with Crippen molar-refractivity contribution >= 4 is 34.1 Å². The van der Waals surface area contributed by atoms with E-state index in [0.717, 1.165) is 41.8 Å². The summed E-state index contributed by atoms with van der Waals surface area (Å²) in [6, 6.07) is 22.2. The van der Waals surface area contributed by atoms with E-state index in [1.165, 1.54) is 17.1 Å². The Morgan fingerprint density at radius 2 is 1.62 bits per heavy atom. The highest BCUT2D eigenvalue weighted by Crippen LogP contribution is 2.38. The van der Waals surface area contributed by atoms with Crippen molar-refractivity contribution in [1.82, 2.24) is 9.88 Å². The van der Waals surface area contributed by atoms with Gasteiger partial charge in [-0.3, -0.25) is 4.90 Å². The minimum atomic E-state index is 0.0632. The van der Waals surface area contributed by atoms with Crippen molar-refractivity contribution in [2.45, 2.75) is 20.4 Å². The van der Waals surface area contributed by atoms with Crippen LogP contribution in [0, 0.1) is 0 Å². The fourth-order valence-electron chi connectivity index (χ4n) is 4.65. The smallest absolute Gasteiger partial charge is 0.199 e. The van der Waals surface area contributed by atoms with Crippen molar-refractivity contribution in [2.75, 3.05) is 37.8 Å². The molecular weight excluding hydrogens is 482 g/mol. The predicted octanol–water partition coefficient (Wildman–Crippen LogP) is 6.39. The summed E-state index contributed by atoms with van der Waals surface area (Å²) in [5.41, 5.74) is 5.13. The number of nitrogens with zero attached hydrogens (tertiary/aromatic N) is 2. The van der Waals surface area contributed by atoms with E-state index in [4.69, 9.17) is 14.5 Å². The summed E-state index contributed by atoms with van der Waals surface area (Å²) < 4.78 is 11.7. The number of aromatic amines is 1. The Kier molecular flexibility index (Phi) is 8.02. The van der Waals surface area contributed by atoms with Gasteiger partial charge in [0.25, 0.3) is 0 Å². The van der Waals surface area contributed by atoms with Crippen molar-refractivity contribution < 1.29 is 14.6 Å². The molecule has 2 heterocycles. The number of ether oxygens (including phenoxy) is 2. The molecule has 0 unspecified atom stereocenters. The number of hydrogen-bond donors (Lipinski definition) is 2. The third-order valence-corrected chi connectivity index (χ3v) is 7.36. The second-order valence-corrected chi connectivity index (χ2v) is 10.2. The van der Waals surface area contributed by atoms with Gasteiger partial charge in [0.2, 0.25) is 0 Å². The molecule has 6 nitrogen and oxygen atoms in total. The van der Waals surface area contributed by atoms with Gasteiger partial charge >= 0.3 is 0 Å². The Morgan fingerprint density at radius 1 is 0.946 bits per heavy atom. The topological polar surface area (TPSA) is 70.1 Å². The Labute approximate surface area is 222 Å². The summed E-state index contributed by atoms with van der Waals surface area (Å²) in [7, 11) is 0. The van der Waals surface area contributed by atoms with Gasteiger partial charge in [0.15, 0.2) is 17.4 Å². The normalized spacial score (nSPS) is 14.7. The molecule has 1 aromatic heterocycles. The molecule has 0 spiro atoms. The third-order valence-electron chi connectivity index (χ3n) is 6.41. The minimum Gasteiger partial charge on any atom is -0.494 e. The quantitative estimate of drug-likeness (QED) is 0.253. The molecule has 1 saturated heterocycles. The van der Waals surface area contributed by atoms with Gasteiger partial charge in [-0.25, -0.2) is 4.99 Å². The van der Waals surface area contributed by atoms with Gasteiger partial charge in [-0.15, -0.1) is 0 Å². The summed E-state index contributed by atoms with van der Waals surface area (Å²) in [6.45, 7) is 8.15. The number of rotatable bonds is 9. The number of thioether (sulfide) groups is 1. The zero-order valence-corrected chi connectivity index (χ0v) is 22.2.